The molecule has 0 atom stereocenters. The lowest BCUT2D eigenvalue weighted by Gasteiger charge is -2.18. The van der Waals surface area contributed by atoms with Crippen molar-refractivity contribution < 1.29 is 13.6 Å². The molecule has 33 heavy (non-hydrogen) atoms. The molecule has 4 rings (SSSR count). The minimum atomic E-state index is -0.861. The molecule has 0 fully saturated rings. The summed E-state index contributed by atoms with van der Waals surface area (Å²) in [4.78, 5) is 30.6. The van der Waals surface area contributed by atoms with Crippen LogP contribution < -0.4 is 10.9 Å². The molecule has 1 heterocycles. The number of thioether (sulfide) groups is 1. The molecule has 0 spiro atoms. The lowest BCUT2D eigenvalue weighted by atomic mass is 10.0. The van der Waals surface area contributed by atoms with Crippen LogP contribution in [0.4, 0.5) is 14.5 Å². The molecule has 0 bridgehead atoms. The molecule has 0 radical (unpaired) electrons. The van der Waals surface area contributed by atoms with Crippen LogP contribution in [-0.4, -0.2) is 21.2 Å². The number of aromatic nitrogens is 2. The number of hydrogen-bond donors (Lipinski definition) is 1. The minimum absolute atomic E-state index is 0.115. The standard InChI is InChI=1S/C25H21F2N3O2S/c1-15(2)17-7-4-6-10-22(17)30-24(32)18-8-3-5-9-20(18)29-25(30)33-14-23(31)28-21-12-11-16(26)13-19(21)27/h3-13,15H,14H2,1-2H3,(H,28,31). The first-order valence-electron chi connectivity index (χ1n) is 10.3. The topological polar surface area (TPSA) is 64.0 Å². The highest BCUT2D eigenvalue weighted by molar-refractivity contribution is 7.99. The molecule has 168 valence electrons. The Labute approximate surface area is 193 Å². The van der Waals surface area contributed by atoms with Crippen LogP contribution in [0.5, 0.6) is 0 Å². The molecule has 0 aliphatic rings. The minimum Gasteiger partial charge on any atom is -0.323 e. The van der Waals surface area contributed by atoms with E-state index in [1.54, 1.807) is 24.3 Å². The number of rotatable bonds is 6. The normalized spacial score (nSPS) is 11.2. The molecule has 3 aromatic carbocycles. The Bertz CT molecular complexity index is 1400. The van der Waals surface area contributed by atoms with Crippen molar-refractivity contribution in [2.75, 3.05) is 11.1 Å². The van der Waals surface area contributed by atoms with Gasteiger partial charge in [0.15, 0.2) is 5.16 Å². The predicted molar refractivity (Wildman–Crippen MR) is 127 cm³/mol. The fourth-order valence-corrected chi connectivity index (χ4v) is 4.31. The second-order valence-electron chi connectivity index (χ2n) is 7.73. The van der Waals surface area contributed by atoms with E-state index in [4.69, 9.17) is 0 Å². The van der Waals surface area contributed by atoms with Gasteiger partial charge in [0.25, 0.3) is 5.56 Å². The summed E-state index contributed by atoms with van der Waals surface area (Å²) >= 11 is 1.07. The van der Waals surface area contributed by atoms with Gasteiger partial charge in [-0.25, -0.2) is 13.8 Å². The highest BCUT2D eigenvalue weighted by Crippen LogP contribution is 2.27. The van der Waals surface area contributed by atoms with Gasteiger partial charge in [0, 0.05) is 6.07 Å². The summed E-state index contributed by atoms with van der Waals surface area (Å²) in [6.45, 7) is 4.08. The van der Waals surface area contributed by atoms with Crippen molar-refractivity contribution >= 4 is 34.3 Å². The van der Waals surface area contributed by atoms with Crippen LogP contribution in [0.3, 0.4) is 0 Å². The maximum Gasteiger partial charge on any atom is 0.266 e. The number of anilines is 1. The second kappa shape index (κ2) is 9.54. The molecule has 0 saturated heterocycles. The maximum absolute atomic E-state index is 13.9. The zero-order chi connectivity index (χ0) is 23.5. The van der Waals surface area contributed by atoms with Gasteiger partial charge in [0.05, 0.1) is 28.0 Å². The predicted octanol–water partition coefficient (Wildman–Crippen LogP) is 5.52. The molecule has 4 aromatic rings. The Kier molecular flexibility index (Phi) is 6.55. The largest absolute Gasteiger partial charge is 0.323 e. The fraction of sp³-hybridized carbons (Fsp3) is 0.160. The van der Waals surface area contributed by atoms with Gasteiger partial charge in [-0.2, -0.15) is 0 Å². The lowest BCUT2D eigenvalue weighted by Crippen LogP contribution is -2.24. The van der Waals surface area contributed by atoms with E-state index in [1.807, 2.05) is 38.1 Å². The van der Waals surface area contributed by atoms with Crippen molar-refractivity contribution in [1.29, 1.82) is 0 Å². The molecule has 0 aliphatic heterocycles. The first kappa shape index (κ1) is 22.7. The number of para-hydroxylation sites is 2. The second-order valence-corrected chi connectivity index (χ2v) is 8.67. The number of fused-ring (bicyclic) bond motifs is 1. The van der Waals surface area contributed by atoms with Crippen molar-refractivity contribution in [2.45, 2.75) is 24.9 Å². The molecular weight excluding hydrogens is 444 g/mol. The average molecular weight is 466 g/mol. The van der Waals surface area contributed by atoms with Crippen molar-refractivity contribution in [2.24, 2.45) is 0 Å². The number of carbonyl (C=O) groups excluding carboxylic acids is 1. The van der Waals surface area contributed by atoms with Crippen LogP contribution >= 0.6 is 11.8 Å². The summed E-state index contributed by atoms with van der Waals surface area (Å²) in [6.07, 6.45) is 0. The van der Waals surface area contributed by atoms with Crippen LogP contribution in [0, 0.1) is 11.6 Å². The number of nitrogens with one attached hydrogen (secondary N) is 1. The van der Waals surface area contributed by atoms with E-state index >= 15 is 0 Å². The Hall–Kier alpha value is -3.52. The van der Waals surface area contributed by atoms with Crippen LogP contribution in [-0.2, 0) is 4.79 Å². The van der Waals surface area contributed by atoms with Gasteiger partial charge < -0.3 is 5.32 Å². The fourth-order valence-electron chi connectivity index (χ4n) is 3.51. The van der Waals surface area contributed by atoms with E-state index in [0.717, 1.165) is 29.5 Å². The highest BCUT2D eigenvalue weighted by Gasteiger charge is 2.18. The van der Waals surface area contributed by atoms with Gasteiger partial charge in [-0.3, -0.25) is 14.2 Å². The van der Waals surface area contributed by atoms with E-state index in [0.29, 0.717) is 27.8 Å². The molecule has 0 unspecified atom stereocenters. The third-order valence-electron chi connectivity index (χ3n) is 5.08. The third kappa shape index (κ3) is 4.80. The number of nitrogens with zero attached hydrogens (tertiary/aromatic N) is 2. The summed E-state index contributed by atoms with van der Waals surface area (Å²) in [5.74, 6) is -2.06. The maximum atomic E-state index is 13.9. The first-order valence-corrected chi connectivity index (χ1v) is 11.3. The van der Waals surface area contributed by atoms with Crippen LogP contribution in [0.2, 0.25) is 0 Å². The van der Waals surface area contributed by atoms with E-state index in [9.17, 15) is 18.4 Å². The molecule has 0 aliphatic carbocycles. The Morgan fingerprint density at radius 2 is 1.79 bits per heavy atom. The van der Waals surface area contributed by atoms with Crippen molar-refractivity contribution in [1.82, 2.24) is 9.55 Å². The molecule has 5 nitrogen and oxygen atoms in total. The van der Waals surface area contributed by atoms with Gasteiger partial charge >= 0.3 is 0 Å². The summed E-state index contributed by atoms with van der Waals surface area (Å²) in [5, 5.41) is 3.25. The van der Waals surface area contributed by atoms with E-state index in [1.165, 1.54) is 4.57 Å². The monoisotopic (exact) mass is 465 g/mol. The van der Waals surface area contributed by atoms with Gasteiger partial charge in [-0.1, -0.05) is 55.9 Å². The van der Waals surface area contributed by atoms with Crippen LogP contribution in [0.15, 0.2) is 76.7 Å². The van der Waals surface area contributed by atoms with Crippen molar-refractivity contribution in [3.05, 3.63) is 94.3 Å². The summed E-state index contributed by atoms with van der Waals surface area (Å²) in [5.41, 5.74) is 1.84. The van der Waals surface area contributed by atoms with Gasteiger partial charge in [-0.05, 0) is 41.8 Å². The Morgan fingerprint density at radius 3 is 2.55 bits per heavy atom. The Balaban J connectivity index is 1.72. The van der Waals surface area contributed by atoms with Crippen molar-refractivity contribution in [3.63, 3.8) is 0 Å². The number of carbonyl (C=O) groups is 1. The number of halogens is 2. The third-order valence-corrected chi connectivity index (χ3v) is 6.02. The first-order chi connectivity index (χ1) is 15.8. The highest BCUT2D eigenvalue weighted by atomic mass is 32.2. The summed E-state index contributed by atoms with van der Waals surface area (Å²) in [7, 11) is 0. The van der Waals surface area contributed by atoms with E-state index in [2.05, 4.69) is 10.3 Å². The zero-order valence-electron chi connectivity index (χ0n) is 18.0. The molecule has 1 aromatic heterocycles. The molecule has 1 N–H and O–H groups in total. The van der Waals surface area contributed by atoms with Gasteiger partial charge in [0.1, 0.15) is 11.6 Å². The lowest BCUT2D eigenvalue weighted by molar-refractivity contribution is -0.113. The van der Waals surface area contributed by atoms with E-state index in [-0.39, 0.29) is 22.9 Å². The zero-order valence-corrected chi connectivity index (χ0v) is 18.8. The quantitative estimate of drug-likeness (QED) is 0.301. The van der Waals surface area contributed by atoms with E-state index < -0.39 is 17.5 Å². The van der Waals surface area contributed by atoms with Crippen molar-refractivity contribution in [3.8, 4) is 5.69 Å². The van der Waals surface area contributed by atoms with Gasteiger partial charge in [0.2, 0.25) is 5.91 Å². The smallest absolute Gasteiger partial charge is 0.266 e. The number of benzene rings is 3. The number of hydrogen-bond acceptors (Lipinski definition) is 4. The molecule has 8 heteroatoms. The van der Waals surface area contributed by atoms with Crippen LogP contribution in [0.25, 0.3) is 16.6 Å². The number of amides is 1. The SMILES string of the molecule is CC(C)c1ccccc1-n1c(SCC(=O)Nc2ccc(F)cc2F)nc2ccccc2c1=O. The van der Waals surface area contributed by atoms with Gasteiger partial charge in [-0.15, -0.1) is 0 Å². The Morgan fingerprint density at radius 1 is 1.06 bits per heavy atom. The molecule has 0 saturated carbocycles. The molecule has 1 amide bonds. The van der Waals surface area contributed by atoms with Crippen LogP contribution in [0.1, 0.15) is 25.3 Å². The summed E-state index contributed by atoms with van der Waals surface area (Å²) < 4.78 is 28.5. The molecular formula is C25H21F2N3O2S. The summed E-state index contributed by atoms with van der Waals surface area (Å²) in [6, 6.07) is 17.5. The average Bonchev–Trinajstić information content (AvgIpc) is 2.79.